The minimum Gasteiger partial charge on any atom is -0.494 e. The van der Waals surface area contributed by atoms with E-state index < -0.39 is 5.97 Å². The predicted octanol–water partition coefficient (Wildman–Crippen LogP) is 3.62. The Kier molecular flexibility index (Phi) is 4.89. The number of ether oxygens (including phenoxy) is 2. The summed E-state index contributed by atoms with van der Waals surface area (Å²) in [6.45, 7) is -0.0471. The molecule has 0 spiro atoms. The largest absolute Gasteiger partial charge is 0.494 e. The van der Waals surface area contributed by atoms with Gasteiger partial charge in [0.2, 0.25) is 0 Å². The number of halogens is 4. The molecule has 0 fully saturated rings. The summed E-state index contributed by atoms with van der Waals surface area (Å²) in [6.07, 6.45) is 0. The third-order valence-electron chi connectivity index (χ3n) is 1.79. The Morgan fingerprint density at radius 1 is 1.06 bits per heavy atom. The van der Waals surface area contributed by atoms with Crippen LogP contribution in [0, 0.1) is 0 Å². The first-order valence-electron chi connectivity index (χ1n) is 4.00. The second-order valence-corrected chi connectivity index (χ2v) is 4.18. The van der Waals surface area contributed by atoms with E-state index in [0.29, 0.717) is 0 Å². The third kappa shape index (κ3) is 2.60. The van der Waals surface area contributed by atoms with Crippen LogP contribution >= 0.6 is 46.4 Å². The molecule has 0 atom stereocenters. The Hall–Kier alpha value is -0.680. The average molecular weight is 318 g/mol. The molecule has 0 aromatic heterocycles. The lowest BCUT2D eigenvalue weighted by Gasteiger charge is -2.13. The van der Waals surface area contributed by atoms with Crippen molar-refractivity contribution in [2.45, 2.75) is 0 Å². The van der Waals surface area contributed by atoms with Crippen molar-refractivity contribution in [3.8, 4) is 5.75 Å². The smallest absolute Gasteiger partial charge is 0.351 e. The van der Waals surface area contributed by atoms with Gasteiger partial charge in [0.15, 0.2) is 5.75 Å². The quantitative estimate of drug-likeness (QED) is 0.281. The number of esters is 1. The Labute approximate surface area is 116 Å². The Balaban J connectivity index is 3.57. The lowest BCUT2D eigenvalue weighted by molar-refractivity contribution is -0.123. The van der Waals surface area contributed by atoms with E-state index in [9.17, 15) is 9.59 Å². The van der Waals surface area contributed by atoms with E-state index >= 15 is 0 Å². The molecule has 1 aromatic carbocycles. The van der Waals surface area contributed by atoms with Gasteiger partial charge in [-0.1, -0.05) is 46.4 Å². The van der Waals surface area contributed by atoms with Crippen molar-refractivity contribution in [3.05, 3.63) is 25.7 Å². The molecule has 17 heavy (non-hydrogen) atoms. The number of rotatable bonds is 3. The second kappa shape index (κ2) is 5.78. The first-order chi connectivity index (χ1) is 7.95. The SMILES string of the molecule is COc1c(Cl)c(Cl)c(Cl)c(Cl)c1C(=O)OC=O. The molecule has 1 aromatic rings. The zero-order valence-electron chi connectivity index (χ0n) is 8.22. The topological polar surface area (TPSA) is 52.6 Å². The first kappa shape index (κ1) is 14.4. The summed E-state index contributed by atoms with van der Waals surface area (Å²) in [5.74, 6) is -1.15. The fourth-order valence-electron chi connectivity index (χ4n) is 1.09. The molecule has 0 aliphatic carbocycles. The first-order valence-corrected chi connectivity index (χ1v) is 5.51. The third-order valence-corrected chi connectivity index (χ3v) is 3.57. The van der Waals surface area contributed by atoms with Crippen LogP contribution in [0.3, 0.4) is 0 Å². The zero-order chi connectivity index (χ0) is 13.2. The number of benzene rings is 1. The number of methoxy groups -OCH3 is 1. The summed E-state index contributed by atoms with van der Waals surface area (Å²) in [5, 5.41) is -0.485. The lowest BCUT2D eigenvalue weighted by Crippen LogP contribution is -2.08. The van der Waals surface area contributed by atoms with Crippen LogP contribution in [0.4, 0.5) is 0 Å². The van der Waals surface area contributed by atoms with Crippen molar-refractivity contribution < 1.29 is 19.1 Å². The van der Waals surface area contributed by atoms with Crippen molar-refractivity contribution in [1.82, 2.24) is 0 Å². The van der Waals surface area contributed by atoms with E-state index in [4.69, 9.17) is 51.1 Å². The standard InChI is InChI=1S/C9H4Cl4O4/c1-16-8-3(9(15)17-2-14)4(10)5(11)6(12)7(8)13/h2H,1H3. The van der Waals surface area contributed by atoms with E-state index in [2.05, 4.69) is 4.74 Å². The van der Waals surface area contributed by atoms with Gasteiger partial charge in [0, 0.05) is 0 Å². The molecule has 92 valence electrons. The summed E-state index contributed by atoms with van der Waals surface area (Å²) >= 11 is 23.2. The summed E-state index contributed by atoms with van der Waals surface area (Å²) in [7, 11) is 1.25. The van der Waals surface area contributed by atoms with E-state index in [1.54, 1.807) is 0 Å². The van der Waals surface area contributed by atoms with Gasteiger partial charge in [-0.25, -0.2) is 4.79 Å². The maximum atomic E-state index is 11.5. The van der Waals surface area contributed by atoms with E-state index in [-0.39, 0.29) is 37.9 Å². The molecule has 0 amide bonds. The summed E-state index contributed by atoms with van der Waals surface area (Å²) < 4.78 is 9.04. The Morgan fingerprint density at radius 2 is 1.59 bits per heavy atom. The molecule has 0 heterocycles. The van der Waals surface area contributed by atoms with Gasteiger partial charge in [0.05, 0.1) is 22.2 Å². The van der Waals surface area contributed by atoms with Crippen LogP contribution in [0.25, 0.3) is 0 Å². The highest BCUT2D eigenvalue weighted by atomic mass is 35.5. The predicted molar refractivity (Wildman–Crippen MR) is 64.5 cm³/mol. The number of carbonyl (C=O) groups excluding carboxylic acids is 2. The van der Waals surface area contributed by atoms with Crippen LogP contribution in [-0.4, -0.2) is 19.6 Å². The summed E-state index contributed by atoms with van der Waals surface area (Å²) in [4.78, 5) is 21.6. The maximum Gasteiger partial charge on any atom is 0.351 e. The van der Waals surface area contributed by atoms with Gasteiger partial charge in [-0.2, -0.15) is 0 Å². The van der Waals surface area contributed by atoms with Gasteiger partial charge < -0.3 is 9.47 Å². The molecule has 0 saturated heterocycles. The molecule has 4 nitrogen and oxygen atoms in total. The maximum absolute atomic E-state index is 11.5. The Morgan fingerprint density at radius 3 is 2.06 bits per heavy atom. The molecule has 8 heteroatoms. The van der Waals surface area contributed by atoms with Crippen molar-refractivity contribution in [1.29, 1.82) is 0 Å². The second-order valence-electron chi connectivity index (χ2n) is 2.67. The number of carbonyl (C=O) groups is 2. The van der Waals surface area contributed by atoms with Crippen LogP contribution in [0.5, 0.6) is 5.75 Å². The van der Waals surface area contributed by atoms with Crippen molar-refractivity contribution in [2.75, 3.05) is 7.11 Å². The minimum atomic E-state index is -1.04. The molecule has 0 bridgehead atoms. The highest BCUT2D eigenvalue weighted by Crippen LogP contribution is 2.45. The monoisotopic (exact) mass is 316 g/mol. The van der Waals surface area contributed by atoms with Crippen molar-refractivity contribution in [3.63, 3.8) is 0 Å². The lowest BCUT2D eigenvalue weighted by atomic mass is 10.2. The normalized spacial score (nSPS) is 9.94. The van der Waals surface area contributed by atoms with Crippen molar-refractivity contribution >= 4 is 58.8 Å². The van der Waals surface area contributed by atoms with Crippen LogP contribution < -0.4 is 4.74 Å². The highest BCUT2D eigenvalue weighted by molar-refractivity contribution is 6.53. The average Bonchev–Trinajstić information content (AvgIpc) is 2.31. The summed E-state index contributed by atoms with van der Waals surface area (Å²) in [6, 6.07) is 0. The van der Waals surface area contributed by atoms with Crippen LogP contribution in [0.15, 0.2) is 0 Å². The van der Waals surface area contributed by atoms with Crippen molar-refractivity contribution in [2.24, 2.45) is 0 Å². The van der Waals surface area contributed by atoms with Gasteiger partial charge in [-0.05, 0) is 0 Å². The fourth-order valence-corrected chi connectivity index (χ4v) is 2.08. The van der Waals surface area contributed by atoms with E-state index in [0.717, 1.165) is 0 Å². The van der Waals surface area contributed by atoms with Gasteiger partial charge in [-0.3, -0.25) is 4.79 Å². The minimum absolute atomic E-state index is 0.0471. The van der Waals surface area contributed by atoms with E-state index in [1.807, 2.05) is 0 Å². The zero-order valence-corrected chi connectivity index (χ0v) is 11.2. The van der Waals surface area contributed by atoms with Crippen LogP contribution in [-0.2, 0) is 9.53 Å². The summed E-state index contributed by atoms with van der Waals surface area (Å²) in [5.41, 5.74) is -0.263. The van der Waals surface area contributed by atoms with Gasteiger partial charge in [0.1, 0.15) is 10.6 Å². The molecular formula is C9H4Cl4O4. The van der Waals surface area contributed by atoms with Crippen LogP contribution in [0.2, 0.25) is 20.1 Å². The fraction of sp³-hybridized carbons (Fsp3) is 0.111. The van der Waals surface area contributed by atoms with Crippen LogP contribution in [0.1, 0.15) is 10.4 Å². The molecule has 0 saturated carbocycles. The molecule has 0 aliphatic heterocycles. The van der Waals surface area contributed by atoms with Gasteiger partial charge in [0.25, 0.3) is 0 Å². The van der Waals surface area contributed by atoms with E-state index in [1.165, 1.54) is 7.11 Å². The van der Waals surface area contributed by atoms with Gasteiger partial charge >= 0.3 is 12.4 Å². The number of hydrogen-bond acceptors (Lipinski definition) is 4. The number of hydrogen-bond donors (Lipinski definition) is 0. The Bertz CT molecular complexity index is 487. The van der Waals surface area contributed by atoms with Gasteiger partial charge in [-0.15, -0.1) is 0 Å². The molecule has 0 radical (unpaired) electrons. The highest BCUT2D eigenvalue weighted by Gasteiger charge is 2.26. The molecule has 0 unspecified atom stereocenters. The molecular weight excluding hydrogens is 314 g/mol. The molecule has 0 aliphatic rings. The molecule has 0 N–H and O–H groups in total. The molecule has 1 rings (SSSR count).